The van der Waals surface area contributed by atoms with Gasteiger partial charge in [0, 0.05) is 21.2 Å². The molecule has 1 atom stereocenters. The maximum Gasteiger partial charge on any atom is 0.136 e. The van der Waals surface area contributed by atoms with Crippen LogP contribution >= 0.6 is 27.7 Å². The highest BCUT2D eigenvalue weighted by atomic mass is 79.9. The first kappa shape index (κ1) is 15.5. The van der Waals surface area contributed by atoms with Gasteiger partial charge in [-0.15, -0.1) is 11.8 Å². The van der Waals surface area contributed by atoms with Crippen LogP contribution in [-0.2, 0) is 6.42 Å². The third-order valence-electron chi connectivity index (χ3n) is 2.71. The second-order valence-corrected chi connectivity index (χ2v) is 6.46. The molecule has 5 heteroatoms. The van der Waals surface area contributed by atoms with E-state index in [1.165, 1.54) is 30.0 Å². The van der Waals surface area contributed by atoms with Crippen molar-refractivity contribution in [1.29, 1.82) is 0 Å². The Kier molecular flexibility index (Phi) is 5.57. The van der Waals surface area contributed by atoms with Crippen LogP contribution in [0.1, 0.15) is 5.56 Å². The molecule has 0 aromatic heterocycles. The van der Waals surface area contributed by atoms with Crippen molar-refractivity contribution in [2.75, 3.05) is 5.75 Å². The molecule has 0 radical (unpaired) electrons. The molecule has 0 saturated carbocycles. The van der Waals surface area contributed by atoms with Gasteiger partial charge in [0.1, 0.15) is 11.6 Å². The van der Waals surface area contributed by atoms with Gasteiger partial charge in [0.05, 0.1) is 0 Å². The number of hydrogen-bond acceptors (Lipinski definition) is 2. The Labute approximate surface area is 129 Å². The molecule has 1 unspecified atom stereocenters. The molecule has 2 rings (SSSR count). The molecule has 0 amide bonds. The zero-order valence-electron chi connectivity index (χ0n) is 10.7. The molecule has 0 fully saturated rings. The summed E-state index contributed by atoms with van der Waals surface area (Å²) in [6.45, 7) is 0. The van der Waals surface area contributed by atoms with E-state index in [9.17, 15) is 8.78 Å². The predicted octanol–water partition coefficient (Wildman–Crippen LogP) is 4.39. The van der Waals surface area contributed by atoms with Gasteiger partial charge >= 0.3 is 0 Å². The number of halogens is 3. The quantitative estimate of drug-likeness (QED) is 0.803. The van der Waals surface area contributed by atoms with Gasteiger partial charge in [0.25, 0.3) is 0 Å². The van der Waals surface area contributed by atoms with Crippen molar-refractivity contribution in [1.82, 2.24) is 0 Å². The minimum atomic E-state index is -0.289. The summed E-state index contributed by atoms with van der Waals surface area (Å²) < 4.78 is 27.4. The summed E-state index contributed by atoms with van der Waals surface area (Å²) in [6.07, 6.45) is 0.553. The van der Waals surface area contributed by atoms with Gasteiger partial charge in [-0.05, 0) is 42.3 Å². The van der Waals surface area contributed by atoms with Crippen LogP contribution in [0.25, 0.3) is 0 Å². The summed E-state index contributed by atoms with van der Waals surface area (Å²) in [5.41, 5.74) is 6.85. The molecule has 0 spiro atoms. The van der Waals surface area contributed by atoms with E-state index < -0.39 is 0 Å². The molecule has 106 valence electrons. The fourth-order valence-electron chi connectivity index (χ4n) is 1.85. The predicted molar refractivity (Wildman–Crippen MR) is 82.9 cm³/mol. The third kappa shape index (κ3) is 4.58. The maximum atomic E-state index is 13.5. The second kappa shape index (κ2) is 7.20. The zero-order chi connectivity index (χ0) is 14.5. The van der Waals surface area contributed by atoms with Crippen LogP contribution in [0.3, 0.4) is 0 Å². The summed E-state index contributed by atoms with van der Waals surface area (Å²) in [7, 11) is 0. The second-order valence-electron chi connectivity index (χ2n) is 4.48. The van der Waals surface area contributed by atoms with Gasteiger partial charge in [-0.3, -0.25) is 0 Å². The van der Waals surface area contributed by atoms with Crippen molar-refractivity contribution in [2.24, 2.45) is 5.73 Å². The van der Waals surface area contributed by atoms with E-state index in [-0.39, 0.29) is 17.7 Å². The van der Waals surface area contributed by atoms with Gasteiger partial charge in [-0.2, -0.15) is 0 Å². The highest BCUT2D eigenvalue weighted by Crippen LogP contribution is 2.23. The first-order valence-corrected chi connectivity index (χ1v) is 7.90. The normalized spacial score (nSPS) is 12.4. The number of benzene rings is 2. The summed E-state index contributed by atoms with van der Waals surface area (Å²) in [5.74, 6) is 0.0521. The van der Waals surface area contributed by atoms with Crippen molar-refractivity contribution >= 4 is 27.7 Å². The summed E-state index contributed by atoms with van der Waals surface area (Å²) >= 11 is 4.63. The number of rotatable bonds is 5. The van der Waals surface area contributed by atoms with Gasteiger partial charge in [-0.25, -0.2) is 8.78 Å². The van der Waals surface area contributed by atoms with Gasteiger partial charge in [-0.1, -0.05) is 28.1 Å². The van der Waals surface area contributed by atoms with Crippen LogP contribution in [0, 0.1) is 11.6 Å². The van der Waals surface area contributed by atoms with Crippen molar-refractivity contribution in [3.8, 4) is 0 Å². The number of thioether (sulfide) groups is 1. The van der Waals surface area contributed by atoms with Crippen LogP contribution in [0.2, 0.25) is 0 Å². The van der Waals surface area contributed by atoms with Gasteiger partial charge in [0.2, 0.25) is 0 Å². The van der Waals surface area contributed by atoms with Crippen molar-refractivity contribution < 1.29 is 8.78 Å². The molecule has 0 aliphatic rings. The highest BCUT2D eigenvalue weighted by molar-refractivity contribution is 9.10. The van der Waals surface area contributed by atoms with Crippen LogP contribution in [-0.4, -0.2) is 11.8 Å². The minimum absolute atomic E-state index is 0.159. The van der Waals surface area contributed by atoms with Crippen molar-refractivity contribution in [3.05, 3.63) is 64.1 Å². The standard InChI is InChI=1S/C15H14BrF2NS/c16-11-5-10(6-12(17)8-11)7-13(19)9-20-15-4-2-1-3-14(15)18/h1-6,8,13H,7,9,19H2. The Bertz CT molecular complexity index is 572. The molecule has 20 heavy (non-hydrogen) atoms. The molecule has 0 heterocycles. The molecule has 0 bridgehead atoms. The maximum absolute atomic E-state index is 13.5. The van der Waals surface area contributed by atoms with E-state index in [4.69, 9.17) is 5.73 Å². The summed E-state index contributed by atoms with van der Waals surface area (Å²) in [4.78, 5) is 0.586. The zero-order valence-corrected chi connectivity index (χ0v) is 13.1. The third-order valence-corrected chi connectivity index (χ3v) is 4.40. The molecule has 2 aromatic rings. The Hall–Kier alpha value is -0.910. The lowest BCUT2D eigenvalue weighted by Gasteiger charge is -2.12. The first-order valence-electron chi connectivity index (χ1n) is 6.12. The minimum Gasteiger partial charge on any atom is -0.327 e. The fourth-order valence-corrected chi connectivity index (χ4v) is 3.25. The molecule has 2 N–H and O–H groups in total. The SMILES string of the molecule is NC(CSc1ccccc1F)Cc1cc(F)cc(Br)c1. The Morgan fingerprint density at radius 2 is 1.90 bits per heavy atom. The molecule has 0 aliphatic carbocycles. The number of hydrogen-bond donors (Lipinski definition) is 1. The summed E-state index contributed by atoms with van der Waals surface area (Å²) in [6, 6.07) is 11.2. The largest absolute Gasteiger partial charge is 0.327 e. The van der Waals surface area contributed by atoms with Crippen molar-refractivity contribution in [2.45, 2.75) is 17.4 Å². The molecule has 1 nitrogen and oxygen atoms in total. The van der Waals surface area contributed by atoms with E-state index in [0.717, 1.165) is 5.56 Å². The molecular weight excluding hydrogens is 344 g/mol. The lowest BCUT2D eigenvalue weighted by Crippen LogP contribution is -2.25. The van der Waals surface area contributed by atoms with Crippen LogP contribution in [0.4, 0.5) is 8.78 Å². The van der Waals surface area contributed by atoms with Crippen molar-refractivity contribution in [3.63, 3.8) is 0 Å². The lowest BCUT2D eigenvalue weighted by molar-refractivity contribution is 0.601. The average Bonchev–Trinajstić information content (AvgIpc) is 2.36. The molecule has 0 aliphatic heterocycles. The first-order chi connectivity index (χ1) is 9.54. The topological polar surface area (TPSA) is 26.0 Å². The fraction of sp³-hybridized carbons (Fsp3) is 0.200. The molecular formula is C15H14BrF2NS. The van der Waals surface area contributed by atoms with E-state index in [0.29, 0.717) is 21.5 Å². The van der Waals surface area contributed by atoms with E-state index in [1.54, 1.807) is 18.2 Å². The van der Waals surface area contributed by atoms with Crippen LogP contribution < -0.4 is 5.73 Å². The lowest BCUT2D eigenvalue weighted by atomic mass is 10.1. The number of nitrogens with two attached hydrogens (primary N) is 1. The summed E-state index contributed by atoms with van der Waals surface area (Å²) in [5, 5.41) is 0. The Balaban J connectivity index is 1.92. The van der Waals surface area contributed by atoms with E-state index >= 15 is 0 Å². The average molecular weight is 358 g/mol. The van der Waals surface area contributed by atoms with Gasteiger partial charge in [0.15, 0.2) is 0 Å². The Morgan fingerprint density at radius 3 is 2.60 bits per heavy atom. The van der Waals surface area contributed by atoms with Crippen LogP contribution in [0.15, 0.2) is 51.8 Å². The smallest absolute Gasteiger partial charge is 0.136 e. The van der Waals surface area contributed by atoms with E-state index in [2.05, 4.69) is 15.9 Å². The van der Waals surface area contributed by atoms with E-state index in [1.807, 2.05) is 6.07 Å². The highest BCUT2D eigenvalue weighted by Gasteiger charge is 2.09. The molecule has 0 saturated heterocycles. The Morgan fingerprint density at radius 1 is 1.15 bits per heavy atom. The van der Waals surface area contributed by atoms with Gasteiger partial charge < -0.3 is 5.73 Å². The monoisotopic (exact) mass is 357 g/mol. The molecule has 2 aromatic carbocycles. The van der Waals surface area contributed by atoms with Crippen LogP contribution in [0.5, 0.6) is 0 Å².